The number of amides is 3. The Labute approximate surface area is 206 Å². The van der Waals surface area contributed by atoms with Gasteiger partial charge in [-0.05, 0) is 52.0 Å². The molecule has 2 aromatic heterocycles. The van der Waals surface area contributed by atoms with Gasteiger partial charge in [-0.15, -0.1) is 0 Å². The number of nitrogens with one attached hydrogen (secondary N) is 1. The first-order chi connectivity index (χ1) is 17.1. The fourth-order valence-corrected chi connectivity index (χ4v) is 4.02. The summed E-state index contributed by atoms with van der Waals surface area (Å²) in [5, 5.41) is 0. The second kappa shape index (κ2) is 8.26. The van der Waals surface area contributed by atoms with E-state index in [-0.39, 0.29) is 23.0 Å². The molecular weight excluding hydrogens is 460 g/mol. The summed E-state index contributed by atoms with van der Waals surface area (Å²) >= 11 is 0. The van der Waals surface area contributed by atoms with Crippen LogP contribution in [0.25, 0.3) is 11.2 Å². The van der Waals surface area contributed by atoms with Gasteiger partial charge >= 0.3 is 12.1 Å². The molecule has 36 heavy (non-hydrogen) atoms. The van der Waals surface area contributed by atoms with E-state index in [4.69, 9.17) is 4.74 Å². The number of hydrogen-bond acceptors (Lipinski definition) is 7. The summed E-state index contributed by atoms with van der Waals surface area (Å²) in [6, 6.07) is 17.6. The number of imidazole rings is 1. The summed E-state index contributed by atoms with van der Waals surface area (Å²) in [6.07, 6.45) is 0.601. The van der Waals surface area contributed by atoms with E-state index in [2.05, 4.69) is 19.9 Å². The number of carbonyl (C=O) groups excluding carboxylic acids is 3. The molecule has 1 aliphatic heterocycles. The topological polar surface area (TPSA) is 121 Å². The van der Waals surface area contributed by atoms with E-state index in [1.165, 1.54) is 11.2 Å². The fraction of sp³-hybridized carbons (Fsp3) is 0.231. The number of anilines is 3. The second-order valence-corrected chi connectivity index (χ2v) is 9.50. The standard InChI is InChI=1S/C26H24N6O4/c1-25(2)21(33)32(22(34)26(25,3)4)20-18-19(28-15-27-18)29-23(30-20)36-24(35)31(16-11-7-5-8-12-16)17-13-9-6-10-14-17/h5-15H,1-4H3,(H,27,28,29,30). The van der Waals surface area contributed by atoms with Gasteiger partial charge in [-0.2, -0.15) is 9.97 Å². The van der Waals surface area contributed by atoms with Crippen molar-refractivity contribution in [1.29, 1.82) is 0 Å². The van der Waals surface area contributed by atoms with Crippen LogP contribution < -0.4 is 14.5 Å². The summed E-state index contributed by atoms with van der Waals surface area (Å²) in [4.78, 5) is 58.0. The molecule has 1 fully saturated rings. The van der Waals surface area contributed by atoms with Crippen LogP contribution >= 0.6 is 0 Å². The van der Waals surface area contributed by atoms with Gasteiger partial charge in [0.25, 0.3) is 0 Å². The maximum Gasteiger partial charge on any atom is 0.426 e. The lowest BCUT2D eigenvalue weighted by Crippen LogP contribution is -2.35. The third kappa shape index (κ3) is 3.49. The Morgan fingerprint density at radius 2 is 1.39 bits per heavy atom. The molecule has 1 saturated heterocycles. The summed E-state index contributed by atoms with van der Waals surface area (Å²) in [7, 11) is 0. The van der Waals surface area contributed by atoms with Gasteiger partial charge in [0, 0.05) is 0 Å². The van der Waals surface area contributed by atoms with Crippen LogP contribution in [-0.4, -0.2) is 37.8 Å². The summed E-state index contributed by atoms with van der Waals surface area (Å²) in [5.41, 5.74) is -0.373. The molecule has 0 bridgehead atoms. The van der Waals surface area contributed by atoms with E-state index < -0.39 is 28.7 Å². The van der Waals surface area contributed by atoms with Gasteiger partial charge in [0.05, 0.1) is 28.5 Å². The predicted octanol–water partition coefficient (Wildman–Crippen LogP) is 4.62. The largest absolute Gasteiger partial charge is 0.426 e. The van der Waals surface area contributed by atoms with E-state index >= 15 is 0 Å². The number of aromatic nitrogens is 4. The van der Waals surface area contributed by atoms with Gasteiger partial charge in [0.2, 0.25) is 11.8 Å². The zero-order valence-corrected chi connectivity index (χ0v) is 20.2. The molecule has 0 unspecified atom stereocenters. The molecular formula is C26H24N6O4. The smallest absolute Gasteiger partial charge is 0.373 e. The number of rotatable bonds is 4. The highest BCUT2D eigenvalue weighted by atomic mass is 16.6. The summed E-state index contributed by atoms with van der Waals surface area (Å²) in [5.74, 6) is -0.848. The minimum Gasteiger partial charge on any atom is -0.373 e. The SMILES string of the molecule is CC1(C)C(=O)N(c2nc(OC(=O)N(c3ccccc3)c3ccccc3)nc3nc[nH]c23)C(=O)C1(C)C. The van der Waals surface area contributed by atoms with Crippen molar-refractivity contribution in [3.8, 4) is 6.01 Å². The highest BCUT2D eigenvalue weighted by Crippen LogP contribution is 2.49. The van der Waals surface area contributed by atoms with Crippen molar-refractivity contribution in [2.24, 2.45) is 10.8 Å². The van der Waals surface area contributed by atoms with Crippen LogP contribution in [0.3, 0.4) is 0 Å². The average Bonchev–Trinajstić information content (AvgIpc) is 3.37. The molecule has 0 aliphatic carbocycles. The number of hydrogen-bond donors (Lipinski definition) is 1. The second-order valence-electron chi connectivity index (χ2n) is 9.50. The first-order valence-corrected chi connectivity index (χ1v) is 11.3. The Morgan fingerprint density at radius 3 is 1.92 bits per heavy atom. The number of ether oxygens (including phenoxy) is 1. The molecule has 182 valence electrons. The van der Waals surface area contributed by atoms with Crippen LogP contribution in [0.1, 0.15) is 27.7 Å². The van der Waals surface area contributed by atoms with Crippen molar-refractivity contribution in [2.75, 3.05) is 9.80 Å². The molecule has 2 aromatic carbocycles. The van der Waals surface area contributed by atoms with Crippen molar-refractivity contribution in [3.63, 3.8) is 0 Å². The minimum atomic E-state index is -0.977. The van der Waals surface area contributed by atoms with E-state index in [1.54, 1.807) is 76.2 Å². The van der Waals surface area contributed by atoms with Crippen molar-refractivity contribution in [2.45, 2.75) is 27.7 Å². The zero-order chi connectivity index (χ0) is 25.7. The summed E-state index contributed by atoms with van der Waals surface area (Å²) in [6.45, 7) is 6.88. The molecule has 0 saturated carbocycles. The minimum absolute atomic E-state index is 0.0140. The van der Waals surface area contributed by atoms with Gasteiger partial charge in [0.1, 0.15) is 5.52 Å². The first-order valence-electron chi connectivity index (χ1n) is 11.3. The Morgan fingerprint density at radius 1 is 0.861 bits per heavy atom. The van der Waals surface area contributed by atoms with Crippen LogP contribution in [-0.2, 0) is 9.59 Å². The van der Waals surface area contributed by atoms with Gasteiger partial charge in [-0.1, -0.05) is 36.4 Å². The van der Waals surface area contributed by atoms with Gasteiger partial charge in [0.15, 0.2) is 11.5 Å². The maximum atomic E-state index is 13.4. The molecule has 1 aliphatic rings. The molecule has 0 atom stereocenters. The number of fused-ring (bicyclic) bond motifs is 1. The Bertz CT molecular complexity index is 1410. The van der Waals surface area contributed by atoms with E-state index in [9.17, 15) is 14.4 Å². The van der Waals surface area contributed by atoms with Crippen LogP contribution in [0.4, 0.5) is 22.0 Å². The quantitative estimate of drug-likeness (QED) is 0.420. The fourth-order valence-electron chi connectivity index (χ4n) is 4.02. The number of imide groups is 1. The first kappa shape index (κ1) is 23.2. The molecule has 3 amide bonds. The number of carbonyl (C=O) groups is 3. The number of nitrogens with zero attached hydrogens (tertiary/aromatic N) is 5. The third-order valence-corrected chi connectivity index (χ3v) is 6.89. The molecule has 10 nitrogen and oxygen atoms in total. The predicted molar refractivity (Wildman–Crippen MR) is 133 cm³/mol. The van der Waals surface area contributed by atoms with Gasteiger partial charge in [-0.25, -0.2) is 19.6 Å². The lowest BCUT2D eigenvalue weighted by molar-refractivity contribution is -0.129. The summed E-state index contributed by atoms with van der Waals surface area (Å²) < 4.78 is 5.60. The Hall–Kier alpha value is -4.60. The number of H-pyrrole nitrogens is 1. The van der Waals surface area contributed by atoms with Crippen molar-refractivity contribution in [3.05, 3.63) is 67.0 Å². The highest BCUT2D eigenvalue weighted by molar-refractivity contribution is 6.26. The van der Waals surface area contributed by atoms with Crippen molar-refractivity contribution in [1.82, 2.24) is 19.9 Å². The van der Waals surface area contributed by atoms with Gasteiger partial charge < -0.3 is 9.72 Å². The number of aromatic amines is 1. The molecule has 1 N–H and O–H groups in total. The van der Waals surface area contributed by atoms with Crippen LogP contribution in [0, 0.1) is 10.8 Å². The number of benzene rings is 2. The monoisotopic (exact) mass is 484 g/mol. The van der Waals surface area contributed by atoms with E-state index in [0.717, 1.165) is 4.90 Å². The molecule has 3 heterocycles. The molecule has 10 heteroatoms. The lowest BCUT2D eigenvalue weighted by atomic mass is 9.70. The average molecular weight is 485 g/mol. The maximum absolute atomic E-state index is 13.4. The molecule has 0 spiro atoms. The Kier molecular flexibility index (Phi) is 5.31. The van der Waals surface area contributed by atoms with Crippen LogP contribution in [0.5, 0.6) is 6.01 Å². The van der Waals surface area contributed by atoms with E-state index in [1.807, 2.05) is 12.1 Å². The third-order valence-electron chi connectivity index (χ3n) is 6.89. The van der Waals surface area contributed by atoms with Crippen molar-refractivity contribution < 1.29 is 19.1 Å². The zero-order valence-electron chi connectivity index (χ0n) is 20.2. The highest BCUT2D eigenvalue weighted by Gasteiger charge is 2.60. The molecule has 5 rings (SSSR count). The molecule has 0 radical (unpaired) electrons. The van der Waals surface area contributed by atoms with Crippen LogP contribution in [0.2, 0.25) is 0 Å². The number of para-hydroxylation sites is 2. The Balaban J connectivity index is 1.57. The van der Waals surface area contributed by atoms with E-state index in [0.29, 0.717) is 11.4 Å². The molecule has 4 aromatic rings. The normalized spacial score (nSPS) is 16.4. The van der Waals surface area contributed by atoms with Gasteiger partial charge in [-0.3, -0.25) is 9.59 Å². The van der Waals surface area contributed by atoms with Crippen LogP contribution in [0.15, 0.2) is 67.0 Å². The van der Waals surface area contributed by atoms with Crippen molar-refractivity contribution >= 4 is 46.3 Å². The lowest BCUT2D eigenvalue weighted by Gasteiger charge is -2.28.